The summed E-state index contributed by atoms with van der Waals surface area (Å²) in [4.78, 5) is 4.48. The smallest absolute Gasteiger partial charge is 0.191 e. The number of guanidine groups is 1. The molecule has 1 aromatic carbocycles. The highest BCUT2D eigenvalue weighted by molar-refractivity contribution is 14.0. The van der Waals surface area contributed by atoms with Gasteiger partial charge in [0, 0.05) is 19.8 Å². The maximum Gasteiger partial charge on any atom is 0.191 e. The van der Waals surface area contributed by atoms with E-state index in [1.54, 1.807) is 18.3 Å². The highest BCUT2D eigenvalue weighted by Gasteiger charge is 2.01. The van der Waals surface area contributed by atoms with Crippen LogP contribution in [0.3, 0.4) is 0 Å². The molecule has 0 saturated heterocycles. The third-order valence-electron chi connectivity index (χ3n) is 3.04. The van der Waals surface area contributed by atoms with Gasteiger partial charge in [0.1, 0.15) is 5.82 Å². The van der Waals surface area contributed by atoms with Gasteiger partial charge in [-0.2, -0.15) is 5.10 Å². The van der Waals surface area contributed by atoms with E-state index in [4.69, 9.17) is 0 Å². The van der Waals surface area contributed by atoms with Crippen molar-refractivity contribution in [3.8, 4) is 0 Å². The maximum atomic E-state index is 12.9. The molecule has 0 aliphatic carbocycles. The van der Waals surface area contributed by atoms with Gasteiger partial charge in [-0.1, -0.05) is 12.1 Å². The van der Waals surface area contributed by atoms with Crippen LogP contribution in [0.15, 0.2) is 41.5 Å². The largest absolute Gasteiger partial charge is 0.357 e. The number of nitrogens with zero attached hydrogens (tertiary/aromatic N) is 3. The predicted octanol–water partition coefficient (Wildman–Crippen LogP) is 2.43. The lowest BCUT2D eigenvalue weighted by Crippen LogP contribution is -2.37. The van der Waals surface area contributed by atoms with Gasteiger partial charge in [0.15, 0.2) is 5.96 Å². The second-order valence-electron chi connectivity index (χ2n) is 4.62. The molecule has 1 heterocycles. The van der Waals surface area contributed by atoms with Crippen molar-refractivity contribution in [2.75, 3.05) is 6.54 Å². The summed E-state index contributed by atoms with van der Waals surface area (Å²) < 4.78 is 14.7. The van der Waals surface area contributed by atoms with Crippen molar-refractivity contribution in [1.82, 2.24) is 20.4 Å². The zero-order valence-electron chi connectivity index (χ0n) is 12.7. The Balaban J connectivity index is 0.00000242. The fourth-order valence-corrected chi connectivity index (χ4v) is 1.85. The molecule has 0 bridgehead atoms. The Kier molecular flexibility index (Phi) is 7.86. The van der Waals surface area contributed by atoms with Gasteiger partial charge >= 0.3 is 0 Å². The third kappa shape index (κ3) is 5.63. The van der Waals surface area contributed by atoms with E-state index >= 15 is 0 Å². The molecule has 2 N–H and O–H groups in total. The summed E-state index contributed by atoms with van der Waals surface area (Å²) in [5.74, 6) is 0.493. The van der Waals surface area contributed by atoms with Crippen molar-refractivity contribution in [3.05, 3.63) is 53.6 Å². The highest BCUT2D eigenvalue weighted by Crippen LogP contribution is 2.04. The predicted molar refractivity (Wildman–Crippen MR) is 96.7 cm³/mol. The Morgan fingerprint density at radius 3 is 2.55 bits per heavy atom. The number of hydrogen-bond donors (Lipinski definition) is 2. The van der Waals surface area contributed by atoms with Crippen molar-refractivity contribution in [3.63, 3.8) is 0 Å². The van der Waals surface area contributed by atoms with E-state index in [1.807, 2.05) is 24.7 Å². The van der Waals surface area contributed by atoms with Gasteiger partial charge in [-0.3, -0.25) is 4.68 Å². The minimum Gasteiger partial charge on any atom is -0.357 e. The summed E-state index contributed by atoms with van der Waals surface area (Å²) in [6.45, 7) is 3.94. The molecule has 0 saturated carbocycles. The van der Waals surface area contributed by atoms with Crippen molar-refractivity contribution in [2.45, 2.75) is 20.0 Å². The molecule has 0 aliphatic heterocycles. The van der Waals surface area contributed by atoms with E-state index in [2.05, 4.69) is 20.7 Å². The summed E-state index contributed by atoms with van der Waals surface area (Å²) in [6, 6.07) is 8.32. The molecule has 0 fully saturated rings. The van der Waals surface area contributed by atoms with Gasteiger partial charge < -0.3 is 10.6 Å². The van der Waals surface area contributed by atoms with Crippen LogP contribution in [0, 0.1) is 5.82 Å². The first-order chi connectivity index (χ1) is 10.2. The van der Waals surface area contributed by atoms with Crippen molar-refractivity contribution >= 4 is 29.9 Å². The average Bonchev–Trinajstić information content (AvgIpc) is 2.89. The van der Waals surface area contributed by atoms with Crippen LogP contribution in [0.2, 0.25) is 0 Å². The van der Waals surface area contributed by atoms with Crippen LogP contribution in [-0.4, -0.2) is 22.3 Å². The molecule has 0 radical (unpaired) electrons. The number of halogens is 2. The number of benzene rings is 1. The fraction of sp³-hybridized carbons (Fsp3) is 0.333. The van der Waals surface area contributed by atoms with Crippen LogP contribution in [0.25, 0.3) is 0 Å². The van der Waals surface area contributed by atoms with Gasteiger partial charge in [-0.15, -0.1) is 24.0 Å². The molecule has 0 atom stereocenters. The summed E-state index contributed by atoms with van der Waals surface area (Å²) in [6.07, 6.45) is 1.76. The summed E-state index contributed by atoms with van der Waals surface area (Å²) in [5.41, 5.74) is 2.04. The molecule has 120 valence electrons. The lowest BCUT2D eigenvalue weighted by atomic mass is 10.2. The number of hydrogen-bond acceptors (Lipinski definition) is 2. The third-order valence-corrected chi connectivity index (χ3v) is 3.04. The second kappa shape index (κ2) is 9.39. The maximum absolute atomic E-state index is 12.9. The molecular weight excluding hydrogens is 396 g/mol. The van der Waals surface area contributed by atoms with Gasteiger partial charge in [0.05, 0.1) is 18.8 Å². The zero-order chi connectivity index (χ0) is 15.1. The van der Waals surface area contributed by atoms with E-state index in [-0.39, 0.29) is 29.8 Å². The van der Waals surface area contributed by atoms with E-state index < -0.39 is 0 Å². The quantitative estimate of drug-likeness (QED) is 0.447. The van der Waals surface area contributed by atoms with Crippen LogP contribution >= 0.6 is 24.0 Å². The molecule has 0 amide bonds. The van der Waals surface area contributed by atoms with E-state index in [0.29, 0.717) is 13.1 Å². The Labute approximate surface area is 147 Å². The normalized spacial score (nSPS) is 11.0. The van der Waals surface area contributed by atoms with Crippen LogP contribution in [0.4, 0.5) is 4.39 Å². The van der Waals surface area contributed by atoms with Crippen LogP contribution in [0.5, 0.6) is 0 Å². The lowest BCUT2D eigenvalue weighted by Gasteiger charge is -2.11. The fourth-order valence-electron chi connectivity index (χ4n) is 1.85. The number of aromatic nitrogens is 2. The van der Waals surface area contributed by atoms with E-state index in [0.717, 1.165) is 23.8 Å². The zero-order valence-corrected chi connectivity index (χ0v) is 15.0. The van der Waals surface area contributed by atoms with Gasteiger partial charge in [-0.05, 0) is 30.7 Å². The first kappa shape index (κ1) is 18.4. The SMILES string of the molecule is CCNC(=NCc1ccc(F)cc1)NCc1ccnn1C.I. The Hall–Kier alpha value is -1.64. The van der Waals surface area contributed by atoms with Crippen LogP contribution < -0.4 is 10.6 Å². The monoisotopic (exact) mass is 417 g/mol. The molecule has 2 rings (SSSR count). The van der Waals surface area contributed by atoms with Gasteiger partial charge in [0.25, 0.3) is 0 Å². The Bertz CT molecular complexity index is 594. The molecule has 5 nitrogen and oxygen atoms in total. The summed E-state index contributed by atoms with van der Waals surface area (Å²) >= 11 is 0. The number of rotatable bonds is 5. The lowest BCUT2D eigenvalue weighted by molar-refractivity contribution is 0.627. The van der Waals surface area contributed by atoms with Crippen molar-refractivity contribution in [2.24, 2.45) is 12.0 Å². The molecule has 0 unspecified atom stereocenters. The molecule has 1 aromatic heterocycles. The van der Waals surface area contributed by atoms with E-state index in [9.17, 15) is 4.39 Å². The van der Waals surface area contributed by atoms with Crippen LogP contribution in [-0.2, 0) is 20.1 Å². The average molecular weight is 417 g/mol. The summed E-state index contributed by atoms with van der Waals surface area (Å²) in [5, 5.41) is 10.6. The number of nitrogens with one attached hydrogen (secondary N) is 2. The number of aryl methyl sites for hydroxylation is 1. The molecular formula is C15H21FIN5. The topological polar surface area (TPSA) is 54.2 Å². The van der Waals surface area contributed by atoms with Gasteiger partial charge in [0.2, 0.25) is 0 Å². The first-order valence-electron chi connectivity index (χ1n) is 6.92. The van der Waals surface area contributed by atoms with Crippen LogP contribution in [0.1, 0.15) is 18.2 Å². The molecule has 2 aromatic rings. The summed E-state index contributed by atoms with van der Waals surface area (Å²) in [7, 11) is 1.90. The molecule has 0 aliphatic rings. The Morgan fingerprint density at radius 2 is 1.95 bits per heavy atom. The molecule has 7 heteroatoms. The Morgan fingerprint density at radius 1 is 1.23 bits per heavy atom. The van der Waals surface area contributed by atoms with Crippen molar-refractivity contribution < 1.29 is 4.39 Å². The molecule has 0 spiro atoms. The molecule has 22 heavy (non-hydrogen) atoms. The second-order valence-corrected chi connectivity index (χ2v) is 4.62. The van der Waals surface area contributed by atoms with Gasteiger partial charge in [-0.25, -0.2) is 9.38 Å². The standard InChI is InChI=1S/C15H20FN5.HI/c1-3-17-15(19-11-14-8-9-20-21(14)2)18-10-12-4-6-13(16)7-5-12;/h4-9H,3,10-11H2,1-2H3,(H2,17,18,19);1H. The minimum absolute atomic E-state index is 0. The highest BCUT2D eigenvalue weighted by atomic mass is 127. The van der Waals surface area contributed by atoms with Crippen molar-refractivity contribution in [1.29, 1.82) is 0 Å². The number of aliphatic imine (C=N–C) groups is 1. The minimum atomic E-state index is -0.232. The first-order valence-corrected chi connectivity index (χ1v) is 6.92. The van der Waals surface area contributed by atoms with E-state index in [1.165, 1.54) is 12.1 Å².